The van der Waals surface area contributed by atoms with Gasteiger partial charge in [0.05, 0.1) is 4.92 Å². The third-order valence-corrected chi connectivity index (χ3v) is 3.53. The van der Waals surface area contributed by atoms with Gasteiger partial charge in [-0.3, -0.25) is 24.5 Å². The summed E-state index contributed by atoms with van der Waals surface area (Å²) in [5, 5.41) is 15.3. The van der Waals surface area contributed by atoms with Gasteiger partial charge in [0, 0.05) is 23.4 Å². The molecule has 2 aromatic carbocycles. The van der Waals surface area contributed by atoms with Crippen LogP contribution < -0.4 is 10.6 Å². The van der Waals surface area contributed by atoms with E-state index in [1.54, 1.807) is 6.92 Å². The van der Waals surface area contributed by atoms with Crippen molar-refractivity contribution in [1.29, 1.82) is 0 Å². The van der Waals surface area contributed by atoms with Gasteiger partial charge in [-0.1, -0.05) is 12.1 Å². The minimum atomic E-state index is -0.885. The third kappa shape index (κ3) is 5.87. The smallest absolute Gasteiger partial charge is 0.325 e. The number of halogens is 1. The number of carbonyl (C=O) groups excluding carboxylic acids is 3. The van der Waals surface area contributed by atoms with E-state index in [-0.39, 0.29) is 16.9 Å². The van der Waals surface area contributed by atoms with Crippen LogP contribution >= 0.6 is 0 Å². The maximum Gasteiger partial charge on any atom is 0.325 e. The number of anilines is 1. The van der Waals surface area contributed by atoms with Crippen molar-refractivity contribution >= 4 is 29.2 Å². The van der Waals surface area contributed by atoms with E-state index < -0.39 is 41.7 Å². The fourth-order valence-electron chi connectivity index (χ4n) is 2.08. The Labute approximate surface area is 158 Å². The van der Waals surface area contributed by atoms with Gasteiger partial charge in [0.1, 0.15) is 12.4 Å². The first kappa shape index (κ1) is 20.5. The summed E-state index contributed by atoms with van der Waals surface area (Å²) in [6, 6.07) is 9.09. The first-order chi connectivity index (χ1) is 13.3. The average Bonchev–Trinajstić information content (AvgIpc) is 2.67. The average molecular weight is 389 g/mol. The van der Waals surface area contributed by atoms with Gasteiger partial charge in [-0.15, -0.1) is 0 Å². The van der Waals surface area contributed by atoms with Crippen molar-refractivity contribution in [3.63, 3.8) is 0 Å². The summed E-state index contributed by atoms with van der Waals surface area (Å²) in [5.41, 5.74) is 0.368. The molecule has 2 rings (SSSR count). The number of amides is 2. The monoisotopic (exact) mass is 389 g/mol. The van der Waals surface area contributed by atoms with Crippen molar-refractivity contribution in [3.8, 4) is 0 Å². The van der Waals surface area contributed by atoms with Gasteiger partial charge in [-0.05, 0) is 30.7 Å². The van der Waals surface area contributed by atoms with Crippen LogP contribution in [0.2, 0.25) is 0 Å². The van der Waals surface area contributed by atoms with Gasteiger partial charge in [0.15, 0.2) is 6.61 Å². The Bertz CT molecular complexity index is 931. The van der Waals surface area contributed by atoms with Crippen molar-refractivity contribution < 1.29 is 28.4 Å². The van der Waals surface area contributed by atoms with Crippen molar-refractivity contribution in [3.05, 3.63) is 69.5 Å². The molecule has 28 heavy (non-hydrogen) atoms. The van der Waals surface area contributed by atoms with Gasteiger partial charge >= 0.3 is 5.97 Å². The summed E-state index contributed by atoms with van der Waals surface area (Å²) in [5.74, 6) is -2.76. The Morgan fingerprint density at radius 3 is 2.61 bits per heavy atom. The highest BCUT2D eigenvalue weighted by Crippen LogP contribution is 2.14. The quantitative estimate of drug-likeness (QED) is 0.423. The van der Waals surface area contributed by atoms with E-state index in [0.29, 0.717) is 5.56 Å². The molecular weight excluding hydrogens is 373 g/mol. The molecule has 0 saturated carbocycles. The van der Waals surface area contributed by atoms with Crippen LogP contribution in [0.3, 0.4) is 0 Å². The van der Waals surface area contributed by atoms with E-state index in [2.05, 4.69) is 10.6 Å². The molecule has 9 nitrogen and oxygen atoms in total. The molecule has 10 heteroatoms. The van der Waals surface area contributed by atoms with Crippen LogP contribution in [0.4, 0.5) is 15.8 Å². The number of benzene rings is 2. The molecule has 0 radical (unpaired) electrons. The number of hydrogen-bond donors (Lipinski definition) is 2. The zero-order chi connectivity index (χ0) is 20.7. The van der Waals surface area contributed by atoms with E-state index in [1.165, 1.54) is 30.3 Å². The summed E-state index contributed by atoms with van der Waals surface area (Å²) < 4.78 is 18.1. The second kappa shape index (κ2) is 9.21. The summed E-state index contributed by atoms with van der Waals surface area (Å²) in [7, 11) is 0. The first-order valence-corrected chi connectivity index (χ1v) is 8.00. The lowest BCUT2D eigenvalue weighted by molar-refractivity contribution is -0.384. The number of aryl methyl sites for hydroxylation is 1. The standard InChI is InChI=1S/C18H16FN3O6/c1-11-5-6-13(8-15(11)19)21-16(23)10-28-17(24)9-20-18(25)12-3-2-4-14(7-12)22(26)27/h2-8H,9-10H2,1H3,(H,20,25)(H,21,23). The Kier molecular flexibility index (Phi) is 6.74. The van der Waals surface area contributed by atoms with Crippen LogP contribution in [0.5, 0.6) is 0 Å². The fraction of sp³-hybridized carbons (Fsp3) is 0.167. The predicted octanol–water partition coefficient (Wildman–Crippen LogP) is 1.95. The van der Waals surface area contributed by atoms with E-state index in [1.807, 2.05) is 0 Å². The molecule has 0 aliphatic carbocycles. The summed E-state index contributed by atoms with van der Waals surface area (Å²) >= 11 is 0. The largest absolute Gasteiger partial charge is 0.454 e. The molecule has 146 valence electrons. The molecule has 0 atom stereocenters. The first-order valence-electron chi connectivity index (χ1n) is 8.00. The van der Waals surface area contributed by atoms with Crippen LogP contribution in [-0.2, 0) is 14.3 Å². The lowest BCUT2D eigenvalue weighted by atomic mass is 10.2. The van der Waals surface area contributed by atoms with Crippen LogP contribution in [0.1, 0.15) is 15.9 Å². The molecule has 2 amide bonds. The third-order valence-electron chi connectivity index (χ3n) is 3.53. The summed E-state index contributed by atoms with van der Waals surface area (Å²) in [6.45, 7) is 0.416. The number of carbonyl (C=O) groups is 3. The molecule has 0 unspecified atom stereocenters. The molecule has 0 aliphatic heterocycles. The number of ether oxygens (including phenoxy) is 1. The summed E-state index contributed by atoms with van der Waals surface area (Å²) in [4.78, 5) is 45.3. The molecule has 2 aromatic rings. The molecule has 0 aliphatic rings. The predicted molar refractivity (Wildman–Crippen MR) is 96.2 cm³/mol. The van der Waals surface area contributed by atoms with Gasteiger partial charge < -0.3 is 15.4 Å². The van der Waals surface area contributed by atoms with Gasteiger partial charge in [0.25, 0.3) is 17.5 Å². The number of nitro groups is 1. The maximum absolute atomic E-state index is 13.4. The Hall–Kier alpha value is -3.82. The number of rotatable bonds is 7. The molecule has 0 fully saturated rings. The van der Waals surface area contributed by atoms with Crippen molar-refractivity contribution in [2.45, 2.75) is 6.92 Å². The Balaban J connectivity index is 1.78. The number of nitro benzene ring substituents is 1. The SMILES string of the molecule is Cc1ccc(NC(=O)COC(=O)CNC(=O)c2cccc([N+](=O)[O-])c2)cc1F. The van der Waals surface area contributed by atoms with E-state index >= 15 is 0 Å². The van der Waals surface area contributed by atoms with Crippen LogP contribution in [-0.4, -0.2) is 35.9 Å². The summed E-state index contributed by atoms with van der Waals surface area (Å²) in [6.07, 6.45) is 0. The van der Waals surface area contributed by atoms with Crippen LogP contribution in [0.25, 0.3) is 0 Å². The Morgan fingerprint density at radius 1 is 1.18 bits per heavy atom. The van der Waals surface area contributed by atoms with Gasteiger partial charge in [-0.25, -0.2) is 4.39 Å². The lowest BCUT2D eigenvalue weighted by Crippen LogP contribution is -2.32. The van der Waals surface area contributed by atoms with Crippen molar-refractivity contribution in [2.24, 2.45) is 0 Å². The zero-order valence-corrected chi connectivity index (χ0v) is 14.7. The number of esters is 1. The number of nitrogens with one attached hydrogen (secondary N) is 2. The molecular formula is C18H16FN3O6. The lowest BCUT2D eigenvalue weighted by Gasteiger charge is -2.08. The normalized spacial score (nSPS) is 10.1. The van der Waals surface area contributed by atoms with Crippen LogP contribution in [0, 0.1) is 22.9 Å². The minimum Gasteiger partial charge on any atom is -0.454 e. The number of non-ortho nitro benzene ring substituents is 1. The molecule has 0 aromatic heterocycles. The fourth-order valence-corrected chi connectivity index (χ4v) is 2.08. The number of hydrogen-bond acceptors (Lipinski definition) is 6. The highest BCUT2D eigenvalue weighted by Gasteiger charge is 2.14. The highest BCUT2D eigenvalue weighted by molar-refractivity contribution is 5.97. The molecule has 2 N–H and O–H groups in total. The molecule has 0 heterocycles. The molecule has 0 bridgehead atoms. The second-order valence-corrected chi connectivity index (χ2v) is 5.66. The van der Waals surface area contributed by atoms with Gasteiger partial charge in [-0.2, -0.15) is 0 Å². The highest BCUT2D eigenvalue weighted by atomic mass is 19.1. The van der Waals surface area contributed by atoms with Gasteiger partial charge in [0.2, 0.25) is 0 Å². The van der Waals surface area contributed by atoms with E-state index in [0.717, 1.165) is 12.1 Å². The number of nitrogens with zero attached hydrogens (tertiary/aromatic N) is 1. The maximum atomic E-state index is 13.4. The minimum absolute atomic E-state index is 0.00106. The zero-order valence-electron chi connectivity index (χ0n) is 14.7. The van der Waals surface area contributed by atoms with Crippen molar-refractivity contribution in [1.82, 2.24) is 5.32 Å². The topological polar surface area (TPSA) is 128 Å². The molecule has 0 saturated heterocycles. The molecule has 0 spiro atoms. The van der Waals surface area contributed by atoms with Crippen LogP contribution in [0.15, 0.2) is 42.5 Å². The van der Waals surface area contributed by atoms with E-state index in [9.17, 15) is 28.9 Å². The van der Waals surface area contributed by atoms with E-state index in [4.69, 9.17) is 4.74 Å². The second-order valence-electron chi connectivity index (χ2n) is 5.66. The van der Waals surface area contributed by atoms with Crippen molar-refractivity contribution in [2.75, 3.05) is 18.5 Å². The Morgan fingerprint density at radius 2 is 1.93 bits per heavy atom.